The second kappa shape index (κ2) is 7.62. The van der Waals surface area contributed by atoms with Crippen molar-refractivity contribution >= 4 is 17.4 Å². The molecule has 0 spiro atoms. The lowest BCUT2D eigenvalue weighted by Gasteiger charge is -2.29. The number of likely N-dealkylation sites (tertiary alicyclic amines) is 1. The molecule has 0 aliphatic carbocycles. The third-order valence-electron chi connectivity index (χ3n) is 3.96. The van der Waals surface area contributed by atoms with E-state index >= 15 is 0 Å². The normalized spacial score (nSPS) is 19.9. The second-order valence-electron chi connectivity index (χ2n) is 7.12. The molecule has 1 N–H and O–H groups in total. The molecule has 1 aliphatic heterocycles. The lowest BCUT2D eigenvalue weighted by atomic mass is 10.2. The van der Waals surface area contributed by atoms with Crippen LogP contribution < -0.4 is 5.32 Å². The van der Waals surface area contributed by atoms with Gasteiger partial charge in [0.2, 0.25) is 0 Å². The Labute approximate surface area is 143 Å². The van der Waals surface area contributed by atoms with Crippen LogP contribution in [0.2, 0.25) is 0 Å². The van der Waals surface area contributed by atoms with Crippen molar-refractivity contribution in [1.29, 1.82) is 0 Å². The van der Waals surface area contributed by atoms with Gasteiger partial charge in [0.1, 0.15) is 10.6 Å². The predicted octanol–water partition coefficient (Wildman–Crippen LogP) is 3.76. The van der Waals surface area contributed by atoms with Crippen LogP contribution in [0.1, 0.15) is 63.4 Å². The molecule has 2 atom stereocenters. The minimum atomic E-state index is -0.442. The zero-order valence-electron chi connectivity index (χ0n) is 14.9. The van der Waals surface area contributed by atoms with Crippen molar-refractivity contribution in [1.82, 2.24) is 15.2 Å². The van der Waals surface area contributed by atoms with Gasteiger partial charge in [-0.2, -0.15) is 0 Å². The van der Waals surface area contributed by atoms with Crippen LogP contribution in [0.15, 0.2) is 6.20 Å². The number of aryl methyl sites for hydroxylation is 1. The molecule has 23 heavy (non-hydrogen) atoms. The van der Waals surface area contributed by atoms with E-state index in [1.165, 1.54) is 4.88 Å². The van der Waals surface area contributed by atoms with Crippen molar-refractivity contribution in [2.24, 2.45) is 0 Å². The lowest BCUT2D eigenvalue weighted by Crippen LogP contribution is -2.44. The number of carbonyl (C=O) groups excluding carboxylic acids is 1. The van der Waals surface area contributed by atoms with Gasteiger partial charge in [-0.1, -0.05) is 6.92 Å². The first-order chi connectivity index (χ1) is 10.8. The average molecular weight is 340 g/mol. The molecule has 1 fully saturated rings. The number of aromatic nitrogens is 1. The molecule has 2 heterocycles. The fourth-order valence-electron chi connectivity index (χ4n) is 2.70. The minimum Gasteiger partial charge on any atom is -0.444 e. The highest BCUT2D eigenvalue weighted by Crippen LogP contribution is 2.23. The Morgan fingerprint density at radius 1 is 1.57 bits per heavy atom. The molecule has 2 rings (SSSR count). The summed E-state index contributed by atoms with van der Waals surface area (Å²) in [5, 5.41) is 4.64. The van der Waals surface area contributed by atoms with E-state index in [-0.39, 0.29) is 18.2 Å². The van der Waals surface area contributed by atoms with E-state index < -0.39 is 5.60 Å². The molecule has 1 amide bonds. The Balaban J connectivity index is 1.87. The smallest absolute Gasteiger partial charge is 0.410 e. The van der Waals surface area contributed by atoms with E-state index in [1.807, 2.05) is 31.9 Å². The van der Waals surface area contributed by atoms with Gasteiger partial charge in [0.05, 0.1) is 6.04 Å². The molecular weight excluding hydrogens is 310 g/mol. The van der Waals surface area contributed by atoms with Crippen molar-refractivity contribution < 1.29 is 9.53 Å². The number of hydrogen-bond donors (Lipinski definition) is 1. The Kier molecular flexibility index (Phi) is 6.03. The second-order valence-corrected chi connectivity index (χ2v) is 8.26. The third-order valence-corrected chi connectivity index (χ3v) is 5.28. The Morgan fingerprint density at radius 3 is 2.91 bits per heavy atom. The Hall–Kier alpha value is -1.14. The van der Waals surface area contributed by atoms with Crippen LogP contribution in [0, 0.1) is 0 Å². The SMILES string of the molecule is CCc1cnc(C(C)NCC2CCCN2C(=O)OC(C)(C)C)s1. The Bertz CT molecular complexity index is 524. The molecule has 1 aromatic rings. The van der Waals surface area contributed by atoms with Crippen LogP contribution in [0.4, 0.5) is 4.79 Å². The summed E-state index contributed by atoms with van der Waals surface area (Å²) < 4.78 is 5.51. The van der Waals surface area contributed by atoms with E-state index in [4.69, 9.17) is 4.74 Å². The number of nitrogens with one attached hydrogen (secondary N) is 1. The molecule has 130 valence electrons. The molecule has 0 saturated carbocycles. The van der Waals surface area contributed by atoms with Crippen molar-refractivity contribution in [3.8, 4) is 0 Å². The minimum absolute atomic E-state index is 0.197. The summed E-state index contributed by atoms with van der Waals surface area (Å²) >= 11 is 1.76. The summed E-state index contributed by atoms with van der Waals surface area (Å²) in [6.07, 6.45) is 4.85. The van der Waals surface area contributed by atoms with Crippen LogP contribution in [-0.4, -0.2) is 40.7 Å². The number of nitrogens with zero attached hydrogens (tertiary/aromatic N) is 2. The average Bonchev–Trinajstić information content (AvgIpc) is 3.11. The first kappa shape index (κ1) is 18.2. The molecule has 1 aromatic heterocycles. The number of rotatable bonds is 5. The molecule has 1 aliphatic rings. The van der Waals surface area contributed by atoms with Crippen molar-refractivity contribution in [2.75, 3.05) is 13.1 Å². The summed E-state index contributed by atoms with van der Waals surface area (Å²) in [5.41, 5.74) is -0.442. The predicted molar refractivity (Wildman–Crippen MR) is 93.9 cm³/mol. The number of hydrogen-bond acceptors (Lipinski definition) is 5. The monoisotopic (exact) mass is 339 g/mol. The van der Waals surface area contributed by atoms with Gasteiger partial charge >= 0.3 is 6.09 Å². The highest BCUT2D eigenvalue weighted by molar-refractivity contribution is 7.11. The Morgan fingerprint density at radius 2 is 2.30 bits per heavy atom. The number of amides is 1. The van der Waals surface area contributed by atoms with Gasteiger partial charge in [-0.25, -0.2) is 9.78 Å². The van der Waals surface area contributed by atoms with Gasteiger partial charge in [0.25, 0.3) is 0 Å². The molecule has 5 nitrogen and oxygen atoms in total. The number of carbonyl (C=O) groups is 1. The highest BCUT2D eigenvalue weighted by atomic mass is 32.1. The molecule has 6 heteroatoms. The van der Waals surface area contributed by atoms with Gasteiger partial charge in [0.15, 0.2) is 0 Å². The van der Waals surface area contributed by atoms with E-state index in [9.17, 15) is 4.79 Å². The first-order valence-electron chi connectivity index (χ1n) is 8.47. The van der Waals surface area contributed by atoms with Crippen LogP contribution in [0.3, 0.4) is 0 Å². The maximum Gasteiger partial charge on any atom is 0.410 e. The van der Waals surface area contributed by atoms with E-state index in [1.54, 1.807) is 11.3 Å². The third kappa shape index (κ3) is 5.18. The van der Waals surface area contributed by atoms with Crippen molar-refractivity contribution in [3.05, 3.63) is 16.1 Å². The first-order valence-corrected chi connectivity index (χ1v) is 9.29. The van der Waals surface area contributed by atoms with Crippen LogP contribution >= 0.6 is 11.3 Å². The molecule has 0 bridgehead atoms. The van der Waals surface area contributed by atoms with Gasteiger partial charge in [-0.15, -0.1) is 11.3 Å². The topological polar surface area (TPSA) is 54.5 Å². The quantitative estimate of drug-likeness (QED) is 0.887. The molecule has 0 radical (unpaired) electrons. The zero-order chi connectivity index (χ0) is 17.0. The van der Waals surface area contributed by atoms with E-state index in [0.717, 1.165) is 37.4 Å². The maximum absolute atomic E-state index is 12.3. The summed E-state index contributed by atoms with van der Waals surface area (Å²) in [6.45, 7) is 11.6. The van der Waals surface area contributed by atoms with Crippen LogP contribution in [0.25, 0.3) is 0 Å². The zero-order valence-corrected chi connectivity index (χ0v) is 15.7. The largest absolute Gasteiger partial charge is 0.444 e. The highest BCUT2D eigenvalue weighted by Gasteiger charge is 2.32. The summed E-state index contributed by atoms with van der Waals surface area (Å²) in [4.78, 5) is 20.0. The van der Waals surface area contributed by atoms with Gasteiger partial charge in [-0.3, -0.25) is 0 Å². The lowest BCUT2D eigenvalue weighted by molar-refractivity contribution is 0.0225. The molecule has 0 aromatic carbocycles. The molecular formula is C17H29N3O2S. The summed E-state index contributed by atoms with van der Waals surface area (Å²) in [7, 11) is 0. The van der Waals surface area contributed by atoms with Crippen LogP contribution in [0.5, 0.6) is 0 Å². The van der Waals surface area contributed by atoms with Crippen LogP contribution in [-0.2, 0) is 11.2 Å². The van der Waals surface area contributed by atoms with Gasteiger partial charge in [-0.05, 0) is 47.0 Å². The molecule has 1 saturated heterocycles. The standard InChI is InChI=1S/C17H29N3O2S/c1-6-14-11-19-15(23-14)12(2)18-10-13-8-7-9-20(13)16(21)22-17(3,4)5/h11-13,18H,6-10H2,1-5H3. The fourth-order valence-corrected chi connectivity index (χ4v) is 3.58. The number of thiazole rings is 1. The maximum atomic E-state index is 12.3. The summed E-state index contributed by atoms with van der Waals surface area (Å²) in [5.74, 6) is 0. The fraction of sp³-hybridized carbons (Fsp3) is 0.765. The number of ether oxygens (including phenoxy) is 1. The van der Waals surface area contributed by atoms with Crippen molar-refractivity contribution in [3.63, 3.8) is 0 Å². The van der Waals surface area contributed by atoms with Gasteiger partial charge in [0, 0.05) is 30.2 Å². The van der Waals surface area contributed by atoms with Crippen molar-refractivity contribution in [2.45, 2.75) is 71.6 Å². The summed E-state index contributed by atoms with van der Waals surface area (Å²) in [6, 6.07) is 0.416. The van der Waals surface area contributed by atoms with Gasteiger partial charge < -0.3 is 15.0 Å². The molecule has 2 unspecified atom stereocenters. The van der Waals surface area contributed by atoms with E-state index in [2.05, 4.69) is 24.1 Å². The van der Waals surface area contributed by atoms with E-state index in [0.29, 0.717) is 0 Å².